The molecule has 106 valence electrons. The minimum absolute atomic E-state index is 0.199. The highest BCUT2D eigenvalue weighted by Crippen LogP contribution is 2.17. The highest BCUT2D eigenvalue weighted by atomic mass is 32.1. The Morgan fingerprint density at radius 2 is 2.14 bits per heavy atom. The van der Waals surface area contributed by atoms with Gasteiger partial charge < -0.3 is 4.98 Å². The smallest absolute Gasteiger partial charge is 0.273 e. The monoisotopic (exact) mass is 297 g/mol. The molecule has 0 unspecified atom stereocenters. The fourth-order valence-corrected chi connectivity index (χ4v) is 2.98. The number of amides is 1. The molecule has 4 nitrogen and oxygen atoms in total. The van der Waals surface area contributed by atoms with Gasteiger partial charge in [-0.1, -0.05) is 31.2 Å². The van der Waals surface area contributed by atoms with Crippen molar-refractivity contribution >= 4 is 33.9 Å². The van der Waals surface area contributed by atoms with Gasteiger partial charge >= 0.3 is 0 Å². The Bertz CT molecular complexity index is 787. The summed E-state index contributed by atoms with van der Waals surface area (Å²) in [6.07, 6.45) is 2.49. The summed E-state index contributed by atoms with van der Waals surface area (Å²) in [6.45, 7) is 2.02. The number of hydrazone groups is 1. The van der Waals surface area contributed by atoms with Crippen LogP contribution in [0.4, 0.5) is 0 Å². The predicted molar refractivity (Wildman–Crippen MR) is 86.9 cm³/mol. The van der Waals surface area contributed by atoms with Crippen molar-refractivity contribution in [3.05, 3.63) is 58.4 Å². The van der Waals surface area contributed by atoms with Gasteiger partial charge in [0.1, 0.15) is 0 Å². The van der Waals surface area contributed by atoms with Crippen molar-refractivity contribution in [2.75, 3.05) is 0 Å². The Balaban J connectivity index is 1.83. The van der Waals surface area contributed by atoms with E-state index in [1.165, 1.54) is 0 Å². The van der Waals surface area contributed by atoms with Gasteiger partial charge in [0.05, 0.1) is 16.2 Å². The van der Waals surface area contributed by atoms with E-state index in [1.807, 2.05) is 48.7 Å². The molecular formula is C16H15N3OS. The molecule has 0 aliphatic heterocycles. The van der Waals surface area contributed by atoms with Gasteiger partial charge in [0, 0.05) is 17.1 Å². The number of aromatic amines is 1. The third-order valence-corrected chi connectivity index (χ3v) is 4.19. The second kappa shape index (κ2) is 5.93. The Morgan fingerprint density at radius 3 is 2.90 bits per heavy atom. The molecule has 0 spiro atoms. The number of hydrogen-bond donors (Lipinski definition) is 2. The van der Waals surface area contributed by atoms with Crippen molar-refractivity contribution in [1.29, 1.82) is 0 Å². The van der Waals surface area contributed by atoms with Crippen molar-refractivity contribution < 1.29 is 4.79 Å². The standard InChI is InChI=1S/C16H15N3OS/c1-2-13(15-8-5-9-21-15)18-19-16(20)12-10-17-14-7-4-3-6-11(12)14/h3-10,17H,2H2,1H3,(H,19,20). The van der Waals surface area contributed by atoms with Gasteiger partial charge in [-0.2, -0.15) is 5.10 Å². The normalized spacial score (nSPS) is 11.8. The lowest BCUT2D eigenvalue weighted by Crippen LogP contribution is -2.19. The number of thiophene rings is 1. The van der Waals surface area contributed by atoms with Crippen molar-refractivity contribution in [3.63, 3.8) is 0 Å². The van der Waals surface area contributed by atoms with Crippen molar-refractivity contribution in [3.8, 4) is 0 Å². The van der Waals surface area contributed by atoms with Gasteiger partial charge in [-0.3, -0.25) is 4.79 Å². The quantitative estimate of drug-likeness (QED) is 0.559. The first-order valence-corrected chi connectivity index (χ1v) is 7.64. The second-order valence-corrected chi connectivity index (χ2v) is 5.53. The lowest BCUT2D eigenvalue weighted by molar-refractivity contribution is 0.0956. The summed E-state index contributed by atoms with van der Waals surface area (Å²) >= 11 is 1.62. The highest BCUT2D eigenvalue weighted by molar-refractivity contribution is 7.12. The molecule has 0 saturated carbocycles. The summed E-state index contributed by atoms with van der Waals surface area (Å²) in [6, 6.07) is 11.7. The average molecular weight is 297 g/mol. The van der Waals surface area contributed by atoms with Gasteiger partial charge in [0.2, 0.25) is 0 Å². The number of fused-ring (bicyclic) bond motifs is 1. The van der Waals surface area contributed by atoms with Crippen LogP contribution in [0.15, 0.2) is 53.1 Å². The number of nitrogens with one attached hydrogen (secondary N) is 2. The molecule has 2 N–H and O–H groups in total. The van der Waals surface area contributed by atoms with E-state index in [0.29, 0.717) is 5.56 Å². The number of hydrogen-bond acceptors (Lipinski definition) is 3. The number of nitrogens with zero attached hydrogens (tertiary/aromatic N) is 1. The number of para-hydroxylation sites is 1. The van der Waals surface area contributed by atoms with Crippen molar-refractivity contribution in [1.82, 2.24) is 10.4 Å². The molecule has 21 heavy (non-hydrogen) atoms. The molecule has 3 rings (SSSR count). The molecule has 0 aliphatic carbocycles. The molecular weight excluding hydrogens is 282 g/mol. The summed E-state index contributed by atoms with van der Waals surface area (Å²) in [5.74, 6) is -0.199. The van der Waals surface area contributed by atoms with Crippen molar-refractivity contribution in [2.24, 2.45) is 5.10 Å². The maximum Gasteiger partial charge on any atom is 0.273 e. The average Bonchev–Trinajstić information content (AvgIpc) is 3.17. The van der Waals surface area contributed by atoms with E-state index >= 15 is 0 Å². The number of carbonyl (C=O) groups is 1. The van der Waals surface area contributed by atoms with Crippen LogP contribution in [0.3, 0.4) is 0 Å². The van der Waals surface area contributed by atoms with Crippen LogP contribution in [-0.4, -0.2) is 16.6 Å². The first kappa shape index (κ1) is 13.6. The van der Waals surface area contributed by atoms with E-state index in [0.717, 1.165) is 27.9 Å². The fourth-order valence-electron chi connectivity index (χ4n) is 2.19. The van der Waals surface area contributed by atoms with E-state index in [-0.39, 0.29) is 5.91 Å². The molecule has 0 atom stereocenters. The Morgan fingerprint density at radius 1 is 1.29 bits per heavy atom. The van der Waals surface area contributed by atoms with E-state index in [9.17, 15) is 4.79 Å². The van der Waals surface area contributed by atoms with E-state index in [2.05, 4.69) is 15.5 Å². The van der Waals surface area contributed by atoms with E-state index in [1.54, 1.807) is 17.5 Å². The number of aromatic nitrogens is 1. The molecule has 3 aromatic rings. The van der Waals surface area contributed by atoms with Gasteiger partial charge in [0.25, 0.3) is 5.91 Å². The summed E-state index contributed by atoms with van der Waals surface area (Å²) in [5, 5.41) is 7.17. The number of carbonyl (C=O) groups excluding carboxylic acids is 1. The number of benzene rings is 1. The molecule has 1 amide bonds. The molecule has 0 radical (unpaired) electrons. The molecule has 5 heteroatoms. The fraction of sp³-hybridized carbons (Fsp3) is 0.125. The SMILES string of the molecule is CCC(=NNC(=O)c1c[nH]c2ccccc12)c1cccs1. The summed E-state index contributed by atoms with van der Waals surface area (Å²) < 4.78 is 0. The zero-order chi connectivity index (χ0) is 14.7. The van der Waals surface area contributed by atoms with Gasteiger partial charge in [0.15, 0.2) is 0 Å². The lowest BCUT2D eigenvalue weighted by atomic mass is 10.2. The van der Waals surface area contributed by atoms with Crippen LogP contribution in [0.1, 0.15) is 28.6 Å². The maximum atomic E-state index is 12.3. The molecule has 0 bridgehead atoms. The summed E-state index contributed by atoms with van der Waals surface area (Å²) in [4.78, 5) is 16.4. The van der Waals surface area contributed by atoms with Crippen LogP contribution in [0.25, 0.3) is 10.9 Å². The second-order valence-electron chi connectivity index (χ2n) is 4.58. The Labute approximate surface area is 126 Å². The van der Waals surface area contributed by atoms with Gasteiger partial charge in [-0.05, 0) is 23.9 Å². The molecule has 2 heterocycles. The van der Waals surface area contributed by atoms with Crippen LogP contribution in [-0.2, 0) is 0 Å². The summed E-state index contributed by atoms with van der Waals surface area (Å²) in [7, 11) is 0. The largest absolute Gasteiger partial charge is 0.360 e. The van der Waals surface area contributed by atoms with Crippen LogP contribution in [0.2, 0.25) is 0 Å². The predicted octanol–water partition coefficient (Wildman–Crippen LogP) is 3.77. The zero-order valence-corrected chi connectivity index (χ0v) is 12.4. The number of rotatable bonds is 4. The highest BCUT2D eigenvalue weighted by Gasteiger charge is 2.11. The van der Waals surface area contributed by atoms with Crippen LogP contribution in [0.5, 0.6) is 0 Å². The first-order valence-electron chi connectivity index (χ1n) is 6.76. The Hall–Kier alpha value is -2.40. The summed E-state index contributed by atoms with van der Waals surface area (Å²) in [5.41, 5.74) is 5.09. The van der Waals surface area contributed by atoms with Gasteiger partial charge in [-0.15, -0.1) is 11.3 Å². The maximum absolute atomic E-state index is 12.3. The third kappa shape index (κ3) is 2.73. The minimum Gasteiger partial charge on any atom is -0.360 e. The molecule has 0 saturated heterocycles. The topological polar surface area (TPSA) is 57.2 Å². The third-order valence-electron chi connectivity index (χ3n) is 3.27. The molecule has 1 aromatic carbocycles. The van der Waals surface area contributed by atoms with Crippen molar-refractivity contribution in [2.45, 2.75) is 13.3 Å². The molecule has 2 aromatic heterocycles. The lowest BCUT2D eigenvalue weighted by Gasteiger charge is -2.02. The zero-order valence-electron chi connectivity index (χ0n) is 11.6. The van der Waals surface area contributed by atoms with Crippen LogP contribution >= 0.6 is 11.3 Å². The molecule has 0 aliphatic rings. The van der Waals surface area contributed by atoms with E-state index in [4.69, 9.17) is 0 Å². The number of H-pyrrole nitrogens is 1. The minimum atomic E-state index is -0.199. The molecule has 0 fully saturated rings. The van der Waals surface area contributed by atoms with Crippen LogP contribution < -0.4 is 5.43 Å². The van der Waals surface area contributed by atoms with E-state index < -0.39 is 0 Å². The Kier molecular flexibility index (Phi) is 3.83. The van der Waals surface area contributed by atoms with Gasteiger partial charge in [-0.25, -0.2) is 5.43 Å². The van der Waals surface area contributed by atoms with Crippen LogP contribution in [0, 0.1) is 0 Å². The first-order chi connectivity index (χ1) is 10.3.